The number of carboxylic acids is 2. The number of aromatic carboxylic acids is 2. The molecule has 0 aliphatic rings. The number of pyridine rings is 1. The molecule has 0 atom stereocenters. The van der Waals surface area contributed by atoms with Crippen LogP contribution in [0.4, 0.5) is 5.82 Å². The largest absolute Gasteiger partial charge is 0.478 e. The third-order valence-electron chi connectivity index (χ3n) is 3.05. The quantitative estimate of drug-likeness (QED) is 0.630. The summed E-state index contributed by atoms with van der Waals surface area (Å²) in [6, 6.07) is 6.52. The number of hydrogen-bond acceptors (Lipinski definition) is 5. The van der Waals surface area contributed by atoms with Crippen molar-refractivity contribution in [3.05, 3.63) is 45.7 Å². The van der Waals surface area contributed by atoms with Crippen molar-refractivity contribution >= 4 is 29.5 Å². The molecule has 1 aromatic heterocycles. The predicted molar refractivity (Wildman–Crippen MR) is 82.6 cm³/mol. The second-order valence-electron chi connectivity index (χ2n) is 4.33. The van der Waals surface area contributed by atoms with Crippen LogP contribution in [-0.2, 0) is 0 Å². The lowest BCUT2D eigenvalue weighted by atomic mass is 9.95. The van der Waals surface area contributed by atoms with Crippen LogP contribution in [0, 0.1) is 0 Å². The van der Waals surface area contributed by atoms with E-state index in [0.29, 0.717) is 5.56 Å². The van der Waals surface area contributed by atoms with Gasteiger partial charge in [0.15, 0.2) is 0 Å². The summed E-state index contributed by atoms with van der Waals surface area (Å²) in [4.78, 5) is 37.6. The van der Waals surface area contributed by atoms with Gasteiger partial charge in [0.25, 0.3) is 5.56 Å². The highest BCUT2D eigenvalue weighted by Gasteiger charge is 2.26. The van der Waals surface area contributed by atoms with Gasteiger partial charge in [0, 0.05) is 10.5 Å². The predicted octanol–water partition coefficient (Wildman–Crippen LogP) is 1.74. The van der Waals surface area contributed by atoms with E-state index in [0.717, 1.165) is 4.90 Å². The third-order valence-corrected chi connectivity index (χ3v) is 3.79. The highest BCUT2D eigenvalue weighted by molar-refractivity contribution is 7.98. The van der Waals surface area contributed by atoms with Crippen molar-refractivity contribution in [2.75, 3.05) is 12.0 Å². The summed E-state index contributed by atoms with van der Waals surface area (Å²) in [5.41, 5.74) is 3.62. The molecule has 2 aromatic rings. The number of thioether (sulfide) groups is 1. The minimum Gasteiger partial charge on any atom is -0.478 e. The molecule has 114 valence electrons. The van der Waals surface area contributed by atoms with E-state index in [4.69, 9.17) is 5.73 Å². The first-order chi connectivity index (χ1) is 10.4. The normalized spacial score (nSPS) is 10.4. The summed E-state index contributed by atoms with van der Waals surface area (Å²) < 4.78 is 0. The molecule has 0 spiro atoms. The van der Waals surface area contributed by atoms with Crippen LogP contribution in [0.25, 0.3) is 11.1 Å². The van der Waals surface area contributed by atoms with Crippen molar-refractivity contribution < 1.29 is 19.8 Å². The van der Waals surface area contributed by atoms with Crippen molar-refractivity contribution in [1.29, 1.82) is 0 Å². The minimum absolute atomic E-state index is 0.200. The van der Waals surface area contributed by atoms with Crippen LogP contribution >= 0.6 is 11.8 Å². The van der Waals surface area contributed by atoms with Gasteiger partial charge in [0.1, 0.15) is 16.9 Å². The Morgan fingerprint density at radius 3 is 2.09 bits per heavy atom. The maximum absolute atomic E-state index is 11.9. The molecule has 1 aromatic carbocycles. The van der Waals surface area contributed by atoms with Crippen molar-refractivity contribution in [2.45, 2.75) is 4.90 Å². The van der Waals surface area contributed by atoms with Crippen LogP contribution in [0.1, 0.15) is 20.7 Å². The molecular formula is C14H12N2O5S. The lowest BCUT2D eigenvalue weighted by molar-refractivity contribution is 0.0695. The van der Waals surface area contributed by atoms with Crippen LogP contribution in [0.2, 0.25) is 0 Å². The molecule has 2 rings (SSSR count). The van der Waals surface area contributed by atoms with E-state index in [1.807, 2.05) is 6.26 Å². The molecule has 0 aliphatic heterocycles. The number of carboxylic acid groups (broad SMARTS) is 2. The lowest BCUT2D eigenvalue weighted by Gasteiger charge is -2.12. The molecule has 0 bridgehead atoms. The van der Waals surface area contributed by atoms with Gasteiger partial charge in [-0.3, -0.25) is 4.79 Å². The molecule has 0 unspecified atom stereocenters. The number of nitrogen functional groups attached to an aromatic ring is 1. The van der Waals surface area contributed by atoms with Crippen molar-refractivity contribution in [1.82, 2.24) is 4.98 Å². The van der Waals surface area contributed by atoms with E-state index in [2.05, 4.69) is 4.98 Å². The van der Waals surface area contributed by atoms with E-state index in [1.54, 1.807) is 24.3 Å². The number of nitrogens with two attached hydrogens (primary N) is 1. The molecule has 0 saturated carbocycles. The van der Waals surface area contributed by atoms with E-state index in [9.17, 15) is 24.6 Å². The van der Waals surface area contributed by atoms with Crippen LogP contribution < -0.4 is 11.3 Å². The SMILES string of the molecule is CSc1ccc(-c2c(C(=O)O)c(N)[nH]c(=O)c2C(=O)O)cc1. The van der Waals surface area contributed by atoms with Gasteiger partial charge < -0.3 is 20.9 Å². The zero-order valence-corrected chi connectivity index (χ0v) is 12.2. The molecule has 22 heavy (non-hydrogen) atoms. The molecule has 8 heteroatoms. The Bertz CT molecular complexity index is 811. The average molecular weight is 320 g/mol. The summed E-state index contributed by atoms with van der Waals surface area (Å²) in [6.45, 7) is 0. The number of carbonyl (C=O) groups is 2. The first-order valence-electron chi connectivity index (χ1n) is 6.03. The van der Waals surface area contributed by atoms with E-state index < -0.39 is 28.6 Å². The van der Waals surface area contributed by atoms with Crippen LogP contribution in [0.5, 0.6) is 0 Å². The zero-order valence-electron chi connectivity index (χ0n) is 11.4. The number of rotatable bonds is 4. The summed E-state index contributed by atoms with van der Waals surface area (Å²) in [5.74, 6) is -3.32. The molecule has 0 radical (unpaired) electrons. The highest BCUT2D eigenvalue weighted by atomic mass is 32.2. The summed E-state index contributed by atoms with van der Waals surface area (Å²) in [6.07, 6.45) is 1.87. The third kappa shape index (κ3) is 2.68. The van der Waals surface area contributed by atoms with E-state index in [1.165, 1.54) is 11.8 Å². The monoisotopic (exact) mass is 320 g/mol. The number of H-pyrrole nitrogens is 1. The molecule has 7 nitrogen and oxygen atoms in total. The van der Waals surface area contributed by atoms with E-state index >= 15 is 0 Å². The maximum atomic E-state index is 11.9. The Morgan fingerprint density at radius 1 is 1.09 bits per heavy atom. The highest BCUT2D eigenvalue weighted by Crippen LogP contribution is 2.30. The molecule has 1 heterocycles. The Kier molecular flexibility index (Phi) is 4.22. The van der Waals surface area contributed by atoms with Crippen molar-refractivity contribution in [2.24, 2.45) is 0 Å². The van der Waals surface area contributed by atoms with E-state index in [-0.39, 0.29) is 11.4 Å². The number of hydrogen-bond donors (Lipinski definition) is 4. The Balaban J connectivity index is 2.88. The summed E-state index contributed by atoms with van der Waals surface area (Å²) >= 11 is 1.47. The van der Waals surface area contributed by atoms with Crippen molar-refractivity contribution in [3.63, 3.8) is 0 Å². The molecule has 5 N–H and O–H groups in total. The number of aromatic amines is 1. The number of benzene rings is 1. The first-order valence-corrected chi connectivity index (χ1v) is 7.26. The zero-order chi connectivity index (χ0) is 16.4. The van der Waals surface area contributed by atoms with Gasteiger partial charge in [-0.25, -0.2) is 9.59 Å². The fraction of sp³-hybridized carbons (Fsp3) is 0.0714. The first kappa shape index (κ1) is 15.6. The molecule has 0 amide bonds. The number of anilines is 1. The fourth-order valence-corrected chi connectivity index (χ4v) is 2.50. The summed E-state index contributed by atoms with van der Waals surface area (Å²) in [5, 5.41) is 18.6. The number of nitrogens with one attached hydrogen (secondary N) is 1. The number of aromatic nitrogens is 1. The second kappa shape index (κ2) is 5.94. The minimum atomic E-state index is -1.52. The average Bonchev–Trinajstić information content (AvgIpc) is 2.45. The topological polar surface area (TPSA) is 133 Å². The van der Waals surface area contributed by atoms with Crippen LogP contribution in [0.3, 0.4) is 0 Å². The molecule has 0 fully saturated rings. The van der Waals surface area contributed by atoms with Gasteiger partial charge in [0.05, 0.1) is 0 Å². The van der Waals surface area contributed by atoms with Gasteiger partial charge in [0.2, 0.25) is 0 Å². The lowest BCUT2D eigenvalue weighted by Crippen LogP contribution is -2.24. The Labute approximate surface area is 128 Å². The fourth-order valence-electron chi connectivity index (χ4n) is 2.09. The van der Waals surface area contributed by atoms with Crippen LogP contribution in [-0.4, -0.2) is 33.4 Å². The van der Waals surface area contributed by atoms with Gasteiger partial charge >= 0.3 is 11.9 Å². The Hall–Kier alpha value is -2.74. The molecular weight excluding hydrogens is 308 g/mol. The standard InChI is InChI=1S/C14H12N2O5S/c1-22-7-4-2-6(3-5-7)8-9(13(18)19)11(15)16-12(17)10(8)14(20)21/h2-5H,1H3,(H,18,19)(H,20,21)(H3,15,16,17). The van der Waals surface area contributed by atoms with Gasteiger partial charge in [-0.15, -0.1) is 11.8 Å². The molecule has 0 saturated heterocycles. The van der Waals surface area contributed by atoms with Crippen molar-refractivity contribution in [3.8, 4) is 11.1 Å². The second-order valence-corrected chi connectivity index (χ2v) is 5.21. The Morgan fingerprint density at radius 2 is 1.64 bits per heavy atom. The maximum Gasteiger partial charge on any atom is 0.342 e. The van der Waals surface area contributed by atoms with Gasteiger partial charge in [-0.05, 0) is 24.0 Å². The smallest absolute Gasteiger partial charge is 0.342 e. The van der Waals surface area contributed by atoms with Crippen LogP contribution in [0.15, 0.2) is 34.0 Å². The summed E-state index contributed by atoms with van der Waals surface area (Å²) in [7, 11) is 0. The van der Waals surface area contributed by atoms with Gasteiger partial charge in [-0.2, -0.15) is 0 Å². The van der Waals surface area contributed by atoms with Gasteiger partial charge in [-0.1, -0.05) is 12.1 Å². The molecule has 0 aliphatic carbocycles.